The molecule has 0 bridgehead atoms. The van der Waals surface area contributed by atoms with Crippen LogP contribution in [0.4, 0.5) is 0 Å². The van der Waals surface area contributed by atoms with E-state index in [-0.39, 0.29) is 25.9 Å². The third-order valence-corrected chi connectivity index (χ3v) is 14.0. The van der Waals surface area contributed by atoms with Crippen LogP contribution in [0.5, 0.6) is 0 Å². The Bertz CT molecular complexity index is 1700. The number of aliphatic carboxylic acids is 1. The molecule has 0 spiro atoms. The number of carboxylic acid groups (broad SMARTS) is 1. The Morgan fingerprint density at radius 3 is 1.25 bits per heavy atom. The fourth-order valence-electron chi connectivity index (χ4n) is 9.13. The molecule has 1 heterocycles. The molecule has 452 valence electrons. The standard InChI is InChI=1S/C67H112O12/c1-4-7-10-13-16-19-22-24-26-28-30-32-34-36-39-41-44-47-50-53-59(68)75-56-58(77-60(69)54-51-48-45-43-40-37-35-33-31-29-27-25-23-20-17-14-11-8-5-2)57-76-67-65(63(72)62(71)64(79-67)66(73)74)78-61(70)55-52-49-46-42-38-21-18-15-12-9-6-3/h7,10,16-17,19-20,24-27,30,32,36,39,58,62-65,67,71-72H,4-6,8-9,11-15,18,21-23,28-29,31,33-35,37-38,40-57H2,1-3H3,(H,73,74)/b10-7-,19-16-,20-17-,26-24-,27-25-,32-30-,39-36-. The summed E-state index contributed by atoms with van der Waals surface area (Å²) in [7, 11) is 0. The first kappa shape index (κ1) is 72.9. The zero-order valence-electron chi connectivity index (χ0n) is 49.8. The van der Waals surface area contributed by atoms with Crippen molar-refractivity contribution in [2.24, 2.45) is 0 Å². The summed E-state index contributed by atoms with van der Waals surface area (Å²) in [4.78, 5) is 51.2. The van der Waals surface area contributed by atoms with Gasteiger partial charge in [0.1, 0.15) is 18.8 Å². The molecular formula is C67H112O12. The van der Waals surface area contributed by atoms with E-state index in [0.717, 1.165) is 116 Å². The van der Waals surface area contributed by atoms with Gasteiger partial charge in [-0.05, 0) is 96.3 Å². The van der Waals surface area contributed by atoms with Crippen molar-refractivity contribution in [2.45, 2.75) is 302 Å². The lowest BCUT2D eigenvalue weighted by atomic mass is 9.98. The van der Waals surface area contributed by atoms with E-state index in [2.05, 4.69) is 106 Å². The average molecular weight is 1110 g/mol. The largest absolute Gasteiger partial charge is 0.479 e. The second-order valence-electron chi connectivity index (χ2n) is 21.3. The Balaban J connectivity index is 2.68. The first-order valence-corrected chi connectivity index (χ1v) is 31.6. The van der Waals surface area contributed by atoms with E-state index in [1.54, 1.807) is 0 Å². The molecule has 1 rings (SSSR count). The van der Waals surface area contributed by atoms with Crippen LogP contribution < -0.4 is 0 Å². The summed E-state index contributed by atoms with van der Waals surface area (Å²) in [5.74, 6) is -3.16. The number of allylic oxidation sites excluding steroid dienone is 14. The zero-order valence-corrected chi connectivity index (χ0v) is 49.8. The molecule has 0 aromatic rings. The molecular weight excluding hydrogens is 997 g/mol. The normalized spacial score (nSPS) is 18.4. The third kappa shape index (κ3) is 44.3. The van der Waals surface area contributed by atoms with Crippen LogP contribution in [0.1, 0.15) is 265 Å². The predicted octanol–water partition coefficient (Wildman–Crippen LogP) is 16.7. The van der Waals surface area contributed by atoms with Gasteiger partial charge >= 0.3 is 23.9 Å². The number of hydrogen-bond donors (Lipinski definition) is 3. The maximum Gasteiger partial charge on any atom is 0.335 e. The summed E-state index contributed by atoms with van der Waals surface area (Å²) in [6.07, 6.45) is 58.3. The topological polar surface area (TPSA) is 175 Å². The van der Waals surface area contributed by atoms with Crippen molar-refractivity contribution in [3.63, 3.8) is 0 Å². The summed E-state index contributed by atoms with van der Waals surface area (Å²) in [6, 6.07) is 0. The number of rotatable bonds is 53. The van der Waals surface area contributed by atoms with Gasteiger partial charge in [-0.3, -0.25) is 14.4 Å². The predicted molar refractivity (Wildman–Crippen MR) is 321 cm³/mol. The smallest absolute Gasteiger partial charge is 0.335 e. The Morgan fingerprint density at radius 1 is 0.430 bits per heavy atom. The lowest BCUT2D eigenvalue weighted by Crippen LogP contribution is -2.61. The van der Waals surface area contributed by atoms with Crippen LogP contribution in [0.15, 0.2) is 85.1 Å². The van der Waals surface area contributed by atoms with E-state index < -0.39 is 67.3 Å². The first-order chi connectivity index (χ1) is 38.6. The maximum atomic E-state index is 13.2. The van der Waals surface area contributed by atoms with E-state index in [0.29, 0.717) is 19.3 Å². The van der Waals surface area contributed by atoms with Gasteiger partial charge in [0.15, 0.2) is 24.6 Å². The van der Waals surface area contributed by atoms with E-state index in [1.807, 2.05) is 0 Å². The van der Waals surface area contributed by atoms with Crippen LogP contribution in [0.2, 0.25) is 0 Å². The lowest BCUT2D eigenvalue weighted by molar-refractivity contribution is -0.301. The molecule has 1 saturated heterocycles. The molecule has 0 amide bonds. The number of carbonyl (C=O) groups is 4. The molecule has 6 unspecified atom stereocenters. The Labute approximate surface area is 480 Å². The van der Waals surface area contributed by atoms with Crippen molar-refractivity contribution in [1.29, 1.82) is 0 Å². The van der Waals surface area contributed by atoms with Gasteiger partial charge < -0.3 is 39.0 Å². The average Bonchev–Trinajstić information content (AvgIpc) is 3.47. The third-order valence-electron chi connectivity index (χ3n) is 14.0. The monoisotopic (exact) mass is 1110 g/mol. The lowest BCUT2D eigenvalue weighted by Gasteiger charge is -2.40. The zero-order chi connectivity index (χ0) is 57.5. The van der Waals surface area contributed by atoms with Crippen LogP contribution in [0.25, 0.3) is 0 Å². The van der Waals surface area contributed by atoms with E-state index in [4.69, 9.17) is 23.7 Å². The molecule has 1 aliphatic rings. The van der Waals surface area contributed by atoms with Crippen LogP contribution in [-0.4, -0.2) is 89.2 Å². The molecule has 6 atom stereocenters. The second kappa shape index (κ2) is 54.5. The van der Waals surface area contributed by atoms with E-state index >= 15 is 0 Å². The van der Waals surface area contributed by atoms with Gasteiger partial charge in [-0.1, -0.05) is 234 Å². The number of carboxylic acids is 1. The minimum Gasteiger partial charge on any atom is -0.479 e. The summed E-state index contributed by atoms with van der Waals surface area (Å²) in [6.45, 7) is 5.82. The van der Waals surface area contributed by atoms with Crippen molar-refractivity contribution in [1.82, 2.24) is 0 Å². The summed E-state index contributed by atoms with van der Waals surface area (Å²) in [5.41, 5.74) is 0. The molecule has 1 fully saturated rings. The molecule has 0 aliphatic carbocycles. The number of ether oxygens (including phenoxy) is 5. The molecule has 79 heavy (non-hydrogen) atoms. The minimum atomic E-state index is -1.91. The van der Waals surface area contributed by atoms with Gasteiger partial charge in [0.25, 0.3) is 0 Å². The maximum absolute atomic E-state index is 13.2. The van der Waals surface area contributed by atoms with Crippen molar-refractivity contribution in [3.05, 3.63) is 85.1 Å². The highest BCUT2D eigenvalue weighted by atomic mass is 16.7. The highest BCUT2D eigenvalue weighted by Crippen LogP contribution is 2.26. The van der Waals surface area contributed by atoms with Gasteiger partial charge in [0.05, 0.1) is 6.61 Å². The van der Waals surface area contributed by atoms with Crippen molar-refractivity contribution in [2.75, 3.05) is 13.2 Å². The summed E-state index contributed by atoms with van der Waals surface area (Å²) in [5, 5.41) is 31.5. The molecule has 0 aromatic carbocycles. The van der Waals surface area contributed by atoms with Crippen molar-refractivity contribution < 1.29 is 58.2 Å². The quantitative estimate of drug-likeness (QED) is 0.0228. The van der Waals surface area contributed by atoms with E-state index in [1.165, 1.54) is 89.9 Å². The number of aliphatic hydroxyl groups excluding tert-OH is 2. The van der Waals surface area contributed by atoms with Gasteiger partial charge in [-0.25, -0.2) is 4.79 Å². The highest BCUT2D eigenvalue weighted by Gasteiger charge is 2.50. The molecule has 12 heteroatoms. The minimum absolute atomic E-state index is 0.0565. The van der Waals surface area contributed by atoms with Crippen LogP contribution >= 0.6 is 0 Å². The van der Waals surface area contributed by atoms with Crippen molar-refractivity contribution >= 4 is 23.9 Å². The fraction of sp³-hybridized carbons (Fsp3) is 0.731. The number of aliphatic hydroxyl groups is 2. The molecule has 0 radical (unpaired) electrons. The molecule has 12 nitrogen and oxygen atoms in total. The number of esters is 3. The molecule has 3 N–H and O–H groups in total. The van der Waals surface area contributed by atoms with E-state index in [9.17, 15) is 34.5 Å². The van der Waals surface area contributed by atoms with Gasteiger partial charge in [-0.15, -0.1) is 0 Å². The van der Waals surface area contributed by atoms with Gasteiger partial charge in [0.2, 0.25) is 0 Å². The SMILES string of the molecule is CC/C=C\C/C=C\C/C=C\C/C=C\C/C=C\CCCCCC(=O)OCC(COC1OC(C(=O)O)C(O)C(O)C1OC(=O)CCCCCCCCCCCCC)OC(=O)CCCCCCCCCCC/C=C\C/C=C\CCCCC. The first-order valence-electron chi connectivity index (χ1n) is 31.6. The van der Waals surface area contributed by atoms with Crippen molar-refractivity contribution in [3.8, 4) is 0 Å². The molecule has 0 saturated carbocycles. The number of carbonyl (C=O) groups excluding carboxylic acids is 3. The van der Waals surface area contributed by atoms with Crippen LogP contribution in [-0.2, 0) is 42.9 Å². The van der Waals surface area contributed by atoms with Gasteiger partial charge in [0, 0.05) is 19.3 Å². The van der Waals surface area contributed by atoms with Crippen LogP contribution in [0, 0.1) is 0 Å². The van der Waals surface area contributed by atoms with Crippen LogP contribution in [0.3, 0.4) is 0 Å². The summed E-state index contributed by atoms with van der Waals surface area (Å²) >= 11 is 0. The second-order valence-corrected chi connectivity index (χ2v) is 21.3. The number of hydrogen-bond acceptors (Lipinski definition) is 11. The fourth-order valence-corrected chi connectivity index (χ4v) is 9.13. The Hall–Kier alpha value is -4.10. The van der Waals surface area contributed by atoms with Gasteiger partial charge in [-0.2, -0.15) is 0 Å². The Morgan fingerprint density at radius 2 is 0.797 bits per heavy atom. The highest BCUT2D eigenvalue weighted by molar-refractivity contribution is 5.74. The number of unbranched alkanes of at least 4 members (excludes halogenated alkanes) is 25. The molecule has 1 aliphatic heterocycles. The Kier molecular flexibility index (Phi) is 50.3. The summed E-state index contributed by atoms with van der Waals surface area (Å²) < 4.78 is 28.5. The molecule has 0 aromatic heterocycles.